The summed E-state index contributed by atoms with van der Waals surface area (Å²) in [6, 6.07) is 12.9. The van der Waals surface area contributed by atoms with E-state index in [1.165, 1.54) is 11.8 Å². The Morgan fingerprint density at radius 2 is 1.79 bits per heavy atom. The third-order valence-electron chi connectivity index (χ3n) is 5.04. The van der Waals surface area contributed by atoms with Crippen molar-refractivity contribution in [2.45, 2.75) is 6.92 Å². The summed E-state index contributed by atoms with van der Waals surface area (Å²) in [6.45, 7) is 2.36. The molecule has 28 heavy (non-hydrogen) atoms. The van der Waals surface area contributed by atoms with Gasteiger partial charge in [0.1, 0.15) is 0 Å². The molecule has 0 aromatic heterocycles. The molecule has 1 aliphatic heterocycles. The summed E-state index contributed by atoms with van der Waals surface area (Å²) in [6.07, 6.45) is 0. The molecule has 1 N–H and O–H groups in total. The molecule has 3 amide bonds. The summed E-state index contributed by atoms with van der Waals surface area (Å²) >= 11 is 0. The third-order valence-corrected chi connectivity index (χ3v) is 5.04. The fourth-order valence-corrected chi connectivity index (χ4v) is 3.77. The number of amides is 3. The number of carbonyl (C=O) groups is 3. The van der Waals surface area contributed by atoms with E-state index < -0.39 is 0 Å². The topological polar surface area (TPSA) is 69.7 Å². The first kappa shape index (κ1) is 18.1. The number of likely N-dealkylation sites (N-methyl/N-ethyl adjacent to an activating group) is 1. The molecule has 0 aliphatic carbocycles. The molecule has 6 nitrogen and oxygen atoms in total. The van der Waals surface area contributed by atoms with Gasteiger partial charge in [-0.15, -0.1) is 0 Å². The zero-order valence-electron chi connectivity index (χ0n) is 16.1. The summed E-state index contributed by atoms with van der Waals surface area (Å²) < 4.78 is 0. The molecule has 0 fully saturated rings. The van der Waals surface area contributed by atoms with Gasteiger partial charge in [-0.1, -0.05) is 24.3 Å². The second-order valence-corrected chi connectivity index (χ2v) is 7.30. The molecule has 6 heteroatoms. The van der Waals surface area contributed by atoms with Crippen LogP contribution in [-0.2, 0) is 4.79 Å². The second kappa shape index (κ2) is 6.73. The van der Waals surface area contributed by atoms with Crippen LogP contribution in [0.5, 0.6) is 0 Å². The lowest BCUT2D eigenvalue weighted by atomic mass is 9.89. The van der Waals surface area contributed by atoms with Crippen molar-refractivity contribution >= 4 is 45.0 Å². The Morgan fingerprint density at radius 1 is 1.04 bits per heavy atom. The number of hydrogen-bond donors (Lipinski definition) is 1. The molecule has 4 rings (SSSR count). The third kappa shape index (κ3) is 2.82. The van der Waals surface area contributed by atoms with E-state index in [9.17, 15) is 14.4 Å². The SMILES string of the molecule is CC(=O)Nc1cccc2c3c4c(cccc4cc12)C(=O)N(CCN(C)C)C3=O. The molecule has 1 heterocycles. The van der Waals surface area contributed by atoms with Crippen LogP contribution < -0.4 is 5.32 Å². The molecule has 0 radical (unpaired) electrons. The number of carbonyl (C=O) groups excluding carboxylic acids is 3. The van der Waals surface area contributed by atoms with Crippen molar-refractivity contribution in [3.63, 3.8) is 0 Å². The molecule has 3 aromatic carbocycles. The van der Waals surface area contributed by atoms with Gasteiger partial charge in [-0.05, 0) is 43.1 Å². The minimum absolute atomic E-state index is 0.177. The number of fused-ring (bicyclic) bond motifs is 2. The Bertz CT molecular complexity index is 1150. The van der Waals surface area contributed by atoms with Crippen LogP contribution >= 0.6 is 0 Å². The molecular formula is C22H21N3O3. The van der Waals surface area contributed by atoms with Crippen LogP contribution in [-0.4, -0.2) is 54.7 Å². The van der Waals surface area contributed by atoms with E-state index in [-0.39, 0.29) is 17.7 Å². The minimum Gasteiger partial charge on any atom is -0.326 e. The zero-order chi connectivity index (χ0) is 20.0. The highest BCUT2D eigenvalue weighted by molar-refractivity contribution is 6.31. The van der Waals surface area contributed by atoms with Gasteiger partial charge in [0.2, 0.25) is 5.91 Å². The van der Waals surface area contributed by atoms with Crippen LogP contribution in [0.4, 0.5) is 5.69 Å². The summed E-state index contributed by atoms with van der Waals surface area (Å²) in [5.74, 6) is -0.729. The number of nitrogens with one attached hydrogen (secondary N) is 1. The van der Waals surface area contributed by atoms with E-state index in [1.807, 2.05) is 55.4 Å². The van der Waals surface area contributed by atoms with Gasteiger partial charge >= 0.3 is 0 Å². The van der Waals surface area contributed by atoms with Gasteiger partial charge in [0.05, 0.1) is 5.56 Å². The Balaban J connectivity index is 2.01. The smallest absolute Gasteiger partial charge is 0.262 e. The molecular weight excluding hydrogens is 354 g/mol. The van der Waals surface area contributed by atoms with E-state index >= 15 is 0 Å². The van der Waals surface area contributed by atoms with Gasteiger partial charge in [-0.2, -0.15) is 0 Å². The van der Waals surface area contributed by atoms with Crippen molar-refractivity contribution < 1.29 is 14.4 Å². The number of hydrogen-bond acceptors (Lipinski definition) is 4. The molecule has 0 spiro atoms. The van der Waals surface area contributed by atoms with Crippen molar-refractivity contribution in [3.05, 3.63) is 53.6 Å². The lowest BCUT2D eigenvalue weighted by Gasteiger charge is -2.29. The van der Waals surface area contributed by atoms with Gasteiger partial charge in [0.25, 0.3) is 11.8 Å². The minimum atomic E-state index is -0.291. The number of benzene rings is 3. The lowest BCUT2D eigenvalue weighted by molar-refractivity contribution is -0.114. The maximum absolute atomic E-state index is 13.4. The zero-order valence-corrected chi connectivity index (χ0v) is 16.1. The monoisotopic (exact) mass is 375 g/mol. The molecule has 1 aliphatic rings. The van der Waals surface area contributed by atoms with Crippen LogP contribution in [0.15, 0.2) is 42.5 Å². The number of rotatable bonds is 4. The molecule has 0 saturated heterocycles. The van der Waals surface area contributed by atoms with Crippen LogP contribution in [0.1, 0.15) is 27.6 Å². The second-order valence-electron chi connectivity index (χ2n) is 7.30. The Labute approximate surface area is 162 Å². The molecule has 0 saturated carbocycles. The van der Waals surface area contributed by atoms with Gasteiger partial charge in [0, 0.05) is 42.0 Å². The first-order chi connectivity index (χ1) is 13.4. The molecule has 0 unspecified atom stereocenters. The summed E-state index contributed by atoms with van der Waals surface area (Å²) in [4.78, 5) is 41.3. The standard InChI is InChI=1S/C22H21N3O3/c1-13(26)23-18-9-5-7-15-17(18)12-14-6-4-8-16-19(14)20(15)22(28)25(21(16)27)11-10-24(2)3/h4-9,12H,10-11H2,1-3H3,(H,23,26). The van der Waals surface area contributed by atoms with E-state index in [1.54, 1.807) is 6.07 Å². The number of nitrogens with zero attached hydrogens (tertiary/aromatic N) is 2. The summed E-state index contributed by atoms with van der Waals surface area (Å²) in [7, 11) is 3.81. The fourth-order valence-electron chi connectivity index (χ4n) is 3.77. The van der Waals surface area contributed by atoms with E-state index in [4.69, 9.17) is 0 Å². The quantitative estimate of drug-likeness (QED) is 0.562. The van der Waals surface area contributed by atoms with Crippen molar-refractivity contribution in [3.8, 4) is 0 Å². The Morgan fingerprint density at radius 3 is 2.50 bits per heavy atom. The van der Waals surface area contributed by atoms with E-state index in [2.05, 4.69) is 5.32 Å². The lowest BCUT2D eigenvalue weighted by Crippen LogP contribution is -2.43. The average molecular weight is 375 g/mol. The van der Waals surface area contributed by atoms with E-state index in [0.29, 0.717) is 35.3 Å². The predicted octanol–water partition coefficient (Wildman–Crippen LogP) is 3.11. The van der Waals surface area contributed by atoms with Crippen molar-refractivity contribution in [1.82, 2.24) is 9.80 Å². The van der Waals surface area contributed by atoms with Gasteiger partial charge < -0.3 is 10.2 Å². The van der Waals surface area contributed by atoms with Gasteiger partial charge in [-0.3, -0.25) is 19.3 Å². The highest BCUT2D eigenvalue weighted by Crippen LogP contribution is 2.38. The predicted molar refractivity (Wildman–Crippen MR) is 110 cm³/mol. The summed E-state index contributed by atoms with van der Waals surface area (Å²) in [5, 5.41) is 5.85. The molecule has 142 valence electrons. The van der Waals surface area contributed by atoms with Gasteiger partial charge in [0.15, 0.2) is 0 Å². The van der Waals surface area contributed by atoms with Crippen molar-refractivity contribution in [1.29, 1.82) is 0 Å². The van der Waals surface area contributed by atoms with E-state index in [0.717, 1.165) is 16.2 Å². The maximum atomic E-state index is 13.4. The normalized spacial score (nSPS) is 13.6. The first-order valence-electron chi connectivity index (χ1n) is 9.15. The number of anilines is 1. The Hall–Kier alpha value is -3.25. The number of imide groups is 1. The summed E-state index contributed by atoms with van der Waals surface area (Å²) in [5.41, 5.74) is 1.71. The average Bonchev–Trinajstić information content (AvgIpc) is 2.64. The van der Waals surface area contributed by atoms with Crippen molar-refractivity contribution in [2.75, 3.05) is 32.5 Å². The molecule has 3 aromatic rings. The van der Waals surface area contributed by atoms with Crippen LogP contribution in [0.25, 0.3) is 21.5 Å². The largest absolute Gasteiger partial charge is 0.326 e. The molecule has 0 atom stereocenters. The highest BCUT2D eigenvalue weighted by Gasteiger charge is 2.34. The Kier molecular flexibility index (Phi) is 4.35. The van der Waals surface area contributed by atoms with Crippen LogP contribution in [0.3, 0.4) is 0 Å². The van der Waals surface area contributed by atoms with Crippen molar-refractivity contribution in [2.24, 2.45) is 0 Å². The fraction of sp³-hybridized carbons (Fsp3) is 0.227. The first-order valence-corrected chi connectivity index (χ1v) is 9.15. The van der Waals surface area contributed by atoms with Gasteiger partial charge in [-0.25, -0.2) is 0 Å². The maximum Gasteiger partial charge on any atom is 0.262 e. The van der Waals surface area contributed by atoms with Crippen LogP contribution in [0, 0.1) is 0 Å². The highest BCUT2D eigenvalue weighted by atomic mass is 16.2. The molecule has 0 bridgehead atoms. The van der Waals surface area contributed by atoms with Crippen LogP contribution in [0.2, 0.25) is 0 Å².